The number of imidazole rings is 1. The molecule has 2 nitrogen and oxygen atoms in total. The number of nitrogens with zero attached hydrogens (tertiary/aromatic N) is 2. The number of benzene rings is 1. The molecule has 0 fully saturated rings. The summed E-state index contributed by atoms with van der Waals surface area (Å²) in [6.45, 7) is 5.40. The monoisotopic (exact) mass is 330 g/mol. The van der Waals surface area contributed by atoms with Gasteiger partial charge in [0.25, 0.3) is 0 Å². The standard InChI is InChI=1S/C15H20Cl2N2S/c1-4-15(5-2,20-3)10-19-12-8-6-7-11(17)14(12)18-13(19)9-16/h6-8H,4-5,9-10H2,1-3H3. The third-order valence-electron chi connectivity index (χ3n) is 4.10. The molecule has 0 saturated heterocycles. The van der Waals surface area contributed by atoms with Crippen molar-refractivity contribution in [2.75, 3.05) is 6.26 Å². The molecule has 0 aliphatic carbocycles. The number of para-hydroxylation sites is 1. The van der Waals surface area contributed by atoms with E-state index < -0.39 is 0 Å². The fourth-order valence-corrected chi connectivity index (χ4v) is 3.81. The van der Waals surface area contributed by atoms with Crippen LogP contribution in [0.3, 0.4) is 0 Å². The summed E-state index contributed by atoms with van der Waals surface area (Å²) in [5.74, 6) is 1.30. The van der Waals surface area contributed by atoms with Gasteiger partial charge in [-0.3, -0.25) is 0 Å². The first-order chi connectivity index (χ1) is 9.60. The number of rotatable bonds is 6. The fourth-order valence-electron chi connectivity index (χ4n) is 2.55. The highest BCUT2D eigenvalue weighted by molar-refractivity contribution is 8.00. The maximum absolute atomic E-state index is 6.25. The van der Waals surface area contributed by atoms with Crippen molar-refractivity contribution in [1.82, 2.24) is 9.55 Å². The highest BCUT2D eigenvalue weighted by atomic mass is 35.5. The highest BCUT2D eigenvalue weighted by Crippen LogP contribution is 2.35. The summed E-state index contributed by atoms with van der Waals surface area (Å²) in [6, 6.07) is 5.92. The number of alkyl halides is 1. The van der Waals surface area contributed by atoms with E-state index >= 15 is 0 Å². The Labute approximate surface area is 134 Å². The van der Waals surface area contributed by atoms with E-state index in [0.29, 0.717) is 10.9 Å². The molecule has 5 heteroatoms. The van der Waals surface area contributed by atoms with Crippen molar-refractivity contribution in [3.05, 3.63) is 29.0 Å². The molecule has 0 saturated carbocycles. The SMILES string of the molecule is CCC(CC)(Cn1c(CCl)nc2c(Cl)cccc21)SC. The smallest absolute Gasteiger partial charge is 0.124 e. The van der Waals surface area contributed by atoms with Crippen LogP contribution in [-0.4, -0.2) is 20.6 Å². The van der Waals surface area contributed by atoms with Crippen LogP contribution < -0.4 is 0 Å². The molecule has 0 radical (unpaired) electrons. The molecule has 0 unspecified atom stereocenters. The normalized spacial score (nSPS) is 12.2. The lowest BCUT2D eigenvalue weighted by molar-refractivity contribution is 0.466. The van der Waals surface area contributed by atoms with Gasteiger partial charge in [-0.15, -0.1) is 11.6 Å². The maximum Gasteiger partial charge on any atom is 0.124 e. The van der Waals surface area contributed by atoms with Crippen LogP contribution in [0.2, 0.25) is 5.02 Å². The van der Waals surface area contributed by atoms with E-state index in [2.05, 4.69) is 35.7 Å². The topological polar surface area (TPSA) is 17.8 Å². The van der Waals surface area contributed by atoms with Crippen LogP contribution >= 0.6 is 35.0 Å². The molecule has 0 amide bonds. The number of hydrogen-bond donors (Lipinski definition) is 0. The van der Waals surface area contributed by atoms with Crippen LogP contribution in [0.5, 0.6) is 0 Å². The summed E-state index contributed by atoms with van der Waals surface area (Å²) in [4.78, 5) is 4.61. The average molecular weight is 331 g/mol. The van der Waals surface area contributed by atoms with Crippen molar-refractivity contribution in [1.29, 1.82) is 0 Å². The zero-order valence-corrected chi connectivity index (χ0v) is 14.4. The van der Waals surface area contributed by atoms with Crippen molar-refractivity contribution < 1.29 is 0 Å². The third kappa shape index (κ3) is 2.81. The second-order valence-electron chi connectivity index (χ2n) is 4.95. The molecule has 0 atom stereocenters. The second-order valence-corrected chi connectivity index (χ2v) is 6.90. The van der Waals surface area contributed by atoms with E-state index in [-0.39, 0.29) is 4.75 Å². The van der Waals surface area contributed by atoms with Gasteiger partial charge in [0.2, 0.25) is 0 Å². The van der Waals surface area contributed by atoms with Gasteiger partial charge in [-0.25, -0.2) is 4.98 Å². The van der Waals surface area contributed by atoms with Gasteiger partial charge in [0.05, 0.1) is 16.4 Å². The van der Waals surface area contributed by atoms with E-state index in [1.807, 2.05) is 23.9 Å². The Morgan fingerprint density at radius 3 is 2.55 bits per heavy atom. The molecule has 2 aromatic rings. The van der Waals surface area contributed by atoms with Crippen LogP contribution in [0.25, 0.3) is 11.0 Å². The van der Waals surface area contributed by atoms with Crippen LogP contribution in [0.15, 0.2) is 18.2 Å². The Kier molecular flexibility index (Phi) is 5.27. The first-order valence-electron chi connectivity index (χ1n) is 6.85. The Bertz CT molecular complexity index is 583. The molecule has 1 aromatic carbocycles. The Hall–Kier alpha value is -0.380. The molecule has 0 N–H and O–H groups in total. The van der Waals surface area contributed by atoms with Gasteiger partial charge in [-0.2, -0.15) is 11.8 Å². The quantitative estimate of drug-likeness (QED) is 0.664. The van der Waals surface area contributed by atoms with Gasteiger partial charge in [0.1, 0.15) is 11.3 Å². The summed E-state index contributed by atoms with van der Waals surface area (Å²) in [5.41, 5.74) is 1.93. The second kappa shape index (κ2) is 6.59. The lowest BCUT2D eigenvalue weighted by atomic mass is 10.0. The van der Waals surface area contributed by atoms with Gasteiger partial charge in [0, 0.05) is 11.3 Å². The summed E-state index contributed by atoms with van der Waals surface area (Å²) in [7, 11) is 0. The summed E-state index contributed by atoms with van der Waals surface area (Å²) < 4.78 is 2.45. The predicted octanol–water partition coefficient (Wildman–Crippen LogP) is 5.35. The molecule has 20 heavy (non-hydrogen) atoms. The largest absolute Gasteiger partial charge is 0.326 e. The number of thioether (sulfide) groups is 1. The van der Waals surface area contributed by atoms with Crippen molar-refractivity contribution in [3.8, 4) is 0 Å². The molecule has 2 rings (SSSR count). The fraction of sp³-hybridized carbons (Fsp3) is 0.533. The molecule has 0 bridgehead atoms. The average Bonchev–Trinajstić information content (AvgIpc) is 2.84. The Morgan fingerprint density at radius 1 is 1.30 bits per heavy atom. The minimum atomic E-state index is 0.219. The van der Waals surface area contributed by atoms with Crippen molar-refractivity contribution >= 4 is 46.0 Å². The summed E-state index contributed by atoms with van der Waals surface area (Å²) in [6.07, 6.45) is 4.42. The first kappa shape index (κ1) is 16.0. The lowest BCUT2D eigenvalue weighted by Crippen LogP contribution is -2.29. The van der Waals surface area contributed by atoms with Crippen molar-refractivity contribution in [3.63, 3.8) is 0 Å². The molecular weight excluding hydrogens is 311 g/mol. The lowest BCUT2D eigenvalue weighted by Gasteiger charge is -2.31. The molecule has 110 valence electrons. The number of fused-ring (bicyclic) bond motifs is 1. The number of halogens is 2. The number of hydrogen-bond acceptors (Lipinski definition) is 2. The zero-order valence-electron chi connectivity index (χ0n) is 12.1. The molecule has 0 aliphatic heterocycles. The molecule has 0 aliphatic rings. The molecular formula is C15H20Cl2N2S. The van der Waals surface area contributed by atoms with Gasteiger partial charge >= 0.3 is 0 Å². The molecule has 0 spiro atoms. The molecule has 1 heterocycles. The van der Waals surface area contributed by atoms with E-state index in [4.69, 9.17) is 23.2 Å². The van der Waals surface area contributed by atoms with Gasteiger partial charge in [0.15, 0.2) is 0 Å². The summed E-state index contributed by atoms with van der Waals surface area (Å²) >= 11 is 14.3. The number of aromatic nitrogens is 2. The Morgan fingerprint density at radius 2 is 2.00 bits per heavy atom. The van der Waals surface area contributed by atoms with E-state index in [1.165, 1.54) is 0 Å². The van der Waals surface area contributed by atoms with Crippen LogP contribution in [0.4, 0.5) is 0 Å². The van der Waals surface area contributed by atoms with E-state index in [0.717, 1.165) is 36.2 Å². The predicted molar refractivity (Wildman–Crippen MR) is 91.1 cm³/mol. The van der Waals surface area contributed by atoms with Gasteiger partial charge in [-0.05, 0) is 31.2 Å². The first-order valence-corrected chi connectivity index (χ1v) is 8.99. The van der Waals surface area contributed by atoms with Crippen LogP contribution in [0, 0.1) is 0 Å². The van der Waals surface area contributed by atoms with Gasteiger partial charge in [-0.1, -0.05) is 31.5 Å². The highest BCUT2D eigenvalue weighted by Gasteiger charge is 2.27. The maximum atomic E-state index is 6.25. The van der Waals surface area contributed by atoms with Gasteiger partial charge < -0.3 is 4.57 Å². The molecule has 1 aromatic heterocycles. The summed E-state index contributed by atoms with van der Waals surface area (Å²) in [5, 5.41) is 0.690. The Balaban J connectivity index is 2.55. The minimum absolute atomic E-state index is 0.219. The minimum Gasteiger partial charge on any atom is -0.326 e. The van der Waals surface area contributed by atoms with E-state index in [9.17, 15) is 0 Å². The van der Waals surface area contributed by atoms with Crippen LogP contribution in [-0.2, 0) is 12.4 Å². The zero-order chi connectivity index (χ0) is 14.8. The van der Waals surface area contributed by atoms with Crippen molar-refractivity contribution in [2.45, 2.75) is 43.9 Å². The van der Waals surface area contributed by atoms with E-state index in [1.54, 1.807) is 0 Å². The van der Waals surface area contributed by atoms with Crippen LogP contribution in [0.1, 0.15) is 32.5 Å². The third-order valence-corrected chi connectivity index (χ3v) is 6.21. The van der Waals surface area contributed by atoms with Crippen molar-refractivity contribution in [2.24, 2.45) is 0 Å².